The van der Waals surface area contributed by atoms with E-state index in [1.54, 1.807) is 18.2 Å². The van der Waals surface area contributed by atoms with Crippen molar-refractivity contribution in [3.05, 3.63) is 54.2 Å². The number of nitrogens with zero attached hydrogens (tertiary/aromatic N) is 2. The molecule has 0 unspecified atom stereocenters. The maximum absolute atomic E-state index is 11.3. The lowest BCUT2D eigenvalue weighted by Gasteiger charge is -2.21. The van der Waals surface area contributed by atoms with E-state index in [1.807, 2.05) is 30.1 Å². The molecule has 27 heavy (non-hydrogen) atoms. The Hall–Kier alpha value is -2.64. The summed E-state index contributed by atoms with van der Waals surface area (Å²) in [5.74, 6) is 0.229. The van der Waals surface area contributed by atoms with Crippen LogP contribution in [-0.4, -0.2) is 34.2 Å². The molecule has 1 aliphatic rings. The number of thioether (sulfide) groups is 1. The van der Waals surface area contributed by atoms with Gasteiger partial charge in [-0.3, -0.25) is 4.79 Å². The SMILES string of the molecule is NC(=O)c1cccc(Nc2cc3nc(SC4CCNCC4)ccc3cn2)c1. The van der Waals surface area contributed by atoms with Gasteiger partial charge in [0.25, 0.3) is 0 Å². The molecule has 1 fully saturated rings. The third-order valence-electron chi connectivity index (χ3n) is 4.54. The Bertz CT molecular complexity index is 971. The number of hydrogen-bond donors (Lipinski definition) is 3. The number of primary amides is 1. The molecular formula is C20H21N5OS. The predicted molar refractivity (Wildman–Crippen MR) is 110 cm³/mol. The number of rotatable bonds is 5. The first kappa shape index (κ1) is 17.8. The van der Waals surface area contributed by atoms with Gasteiger partial charge in [-0.15, -0.1) is 11.8 Å². The maximum atomic E-state index is 11.3. The molecule has 7 heteroatoms. The molecule has 4 rings (SSSR count). The van der Waals surface area contributed by atoms with Crippen molar-refractivity contribution in [2.75, 3.05) is 18.4 Å². The normalized spacial score (nSPS) is 15.0. The fourth-order valence-electron chi connectivity index (χ4n) is 3.11. The van der Waals surface area contributed by atoms with Gasteiger partial charge in [-0.05, 0) is 56.3 Å². The van der Waals surface area contributed by atoms with Crippen molar-refractivity contribution >= 4 is 40.1 Å². The Balaban J connectivity index is 1.55. The minimum atomic E-state index is -0.452. The van der Waals surface area contributed by atoms with Crippen LogP contribution in [0.4, 0.5) is 11.5 Å². The minimum Gasteiger partial charge on any atom is -0.366 e. The summed E-state index contributed by atoms with van der Waals surface area (Å²) >= 11 is 1.85. The van der Waals surface area contributed by atoms with Crippen molar-refractivity contribution in [1.82, 2.24) is 15.3 Å². The minimum absolute atomic E-state index is 0.452. The number of aromatic nitrogens is 2. The van der Waals surface area contributed by atoms with E-state index in [-0.39, 0.29) is 0 Å². The Kier molecular flexibility index (Phi) is 5.22. The molecule has 1 aromatic carbocycles. The molecule has 6 nitrogen and oxygen atoms in total. The zero-order chi connectivity index (χ0) is 18.6. The van der Waals surface area contributed by atoms with Gasteiger partial charge >= 0.3 is 0 Å². The molecule has 1 aliphatic heterocycles. The molecule has 3 aromatic rings. The molecule has 0 bridgehead atoms. The lowest BCUT2D eigenvalue weighted by Crippen LogP contribution is -2.29. The molecule has 0 atom stereocenters. The van der Waals surface area contributed by atoms with Crippen LogP contribution in [0.5, 0.6) is 0 Å². The summed E-state index contributed by atoms with van der Waals surface area (Å²) in [6, 6.07) is 13.1. The standard InChI is InChI=1S/C20H21N5OS/c21-20(26)13-2-1-3-15(10-13)24-18-11-17-14(12-23-18)4-5-19(25-17)27-16-6-8-22-9-7-16/h1-5,10-12,16,22H,6-9H2,(H2,21,26)(H,23,24). The third kappa shape index (κ3) is 4.37. The third-order valence-corrected chi connectivity index (χ3v) is 5.81. The topological polar surface area (TPSA) is 92.9 Å². The molecule has 138 valence electrons. The summed E-state index contributed by atoms with van der Waals surface area (Å²) in [5, 5.41) is 9.27. The number of carbonyl (C=O) groups is 1. The van der Waals surface area contributed by atoms with Crippen LogP contribution in [0.15, 0.2) is 53.7 Å². The molecule has 0 spiro atoms. The molecule has 0 radical (unpaired) electrons. The molecule has 2 aromatic heterocycles. The van der Waals surface area contributed by atoms with E-state index in [0.717, 1.165) is 34.7 Å². The quantitative estimate of drug-likeness (QED) is 0.630. The summed E-state index contributed by atoms with van der Waals surface area (Å²) in [7, 11) is 0. The second kappa shape index (κ2) is 7.94. The molecule has 0 aliphatic carbocycles. The Morgan fingerprint density at radius 2 is 2.04 bits per heavy atom. The van der Waals surface area contributed by atoms with E-state index in [0.29, 0.717) is 16.6 Å². The highest BCUT2D eigenvalue weighted by Crippen LogP contribution is 2.29. The molecule has 1 amide bonds. The average Bonchev–Trinajstić information content (AvgIpc) is 2.69. The van der Waals surface area contributed by atoms with Crippen molar-refractivity contribution in [2.45, 2.75) is 23.1 Å². The van der Waals surface area contributed by atoms with Crippen LogP contribution in [-0.2, 0) is 0 Å². The van der Waals surface area contributed by atoms with Gasteiger partial charge < -0.3 is 16.4 Å². The van der Waals surface area contributed by atoms with Crippen LogP contribution >= 0.6 is 11.8 Å². The van der Waals surface area contributed by atoms with Gasteiger partial charge in [0.05, 0.1) is 10.5 Å². The van der Waals surface area contributed by atoms with Crippen molar-refractivity contribution in [2.24, 2.45) is 5.73 Å². The Labute approximate surface area is 162 Å². The van der Waals surface area contributed by atoms with E-state index >= 15 is 0 Å². The van der Waals surface area contributed by atoms with E-state index < -0.39 is 5.91 Å². The van der Waals surface area contributed by atoms with Crippen LogP contribution in [0.2, 0.25) is 0 Å². The molecule has 4 N–H and O–H groups in total. The van der Waals surface area contributed by atoms with Gasteiger partial charge in [0, 0.05) is 34.2 Å². The lowest BCUT2D eigenvalue weighted by atomic mass is 10.2. The molecular weight excluding hydrogens is 358 g/mol. The molecule has 3 heterocycles. The summed E-state index contributed by atoms with van der Waals surface area (Å²) in [5.41, 5.74) is 7.47. The fraction of sp³-hybridized carbons (Fsp3) is 0.250. The average molecular weight is 379 g/mol. The number of benzene rings is 1. The Morgan fingerprint density at radius 1 is 1.19 bits per heavy atom. The number of carbonyl (C=O) groups excluding carboxylic acids is 1. The fourth-order valence-corrected chi connectivity index (χ4v) is 4.22. The zero-order valence-corrected chi connectivity index (χ0v) is 15.6. The van der Waals surface area contributed by atoms with E-state index in [2.05, 4.69) is 27.8 Å². The zero-order valence-electron chi connectivity index (χ0n) is 14.8. The number of nitrogens with two attached hydrogens (primary N) is 1. The highest BCUT2D eigenvalue weighted by Gasteiger charge is 2.15. The number of pyridine rings is 2. The van der Waals surface area contributed by atoms with E-state index in [9.17, 15) is 4.79 Å². The van der Waals surface area contributed by atoms with Crippen molar-refractivity contribution in [1.29, 1.82) is 0 Å². The van der Waals surface area contributed by atoms with Gasteiger partial charge in [-0.25, -0.2) is 9.97 Å². The van der Waals surface area contributed by atoms with Crippen LogP contribution in [0, 0.1) is 0 Å². The first-order chi connectivity index (χ1) is 13.2. The van der Waals surface area contributed by atoms with E-state index in [4.69, 9.17) is 10.7 Å². The predicted octanol–water partition coefficient (Wildman–Crippen LogP) is 3.32. The lowest BCUT2D eigenvalue weighted by molar-refractivity contribution is 0.100. The van der Waals surface area contributed by atoms with Gasteiger partial charge in [0.15, 0.2) is 0 Å². The number of nitrogens with one attached hydrogen (secondary N) is 2. The highest BCUT2D eigenvalue weighted by molar-refractivity contribution is 7.99. The summed E-state index contributed by atoms with van der Waals surface area (Å²) in [4.78, 5) is 20.6. The van der Waals surface area contributed by atoms with Gasteiger partial charge in [-0.1, -0.05) is 6.07 Å². The smallest absolute Gasteiger partial charge is 0.248 e. The highest BCUT2D eigenvalue weighted by atomic mass is 32.2. The van der Waals surface area contributed by atoms with Crippen molar-refractivity contribution in [3.63, 3.8) is 0 Å². The van der Waals surface area contributed by atoms with Gasteiger partial charge in [0.2, 0.25) is 5.91 Å². The van der Waals surface area contributed by atoms with Gasteiger partial charge in [0.1, 0.15) is 5.82 Å². The van der Waals surface area contributed by atoms with Crippen molar-refractivity contribution in [3.8, 4) is 0 Å². The van der Waals surface area contributed by atoms with Crippen LogP contribution in [0.25, 0.3) is 10.9 Å². The first-order valence-corrected chi connectivity index (χ1v) is 9.86. The summed E-state index contributed by atoms with van der Waals surface area (Å²) in [6.45, 7) is 2.15. The monoisotopic (exact) mass is 379 g/mol. The van der Waals surface area contributed by atoms with Gasteiger partial charge in [-0.2, -0.15) is 0 Å². The van der Waals surface area contributed by atoms with Crippen molar-refractivity contribution < 1.29 is 4.79 Å². The number of piperidine rings is 1. The summed E-state index contributed by atoms with van der Waals surface area (Å²) < 4.78 is 0. The first-order valence-electron chi connectivity index (χ1n) is 8.98. The van der Waals surface area contributed by atoms with Crippen LogP contribution in [0.3, 0.4) is 0 Å². The number of amides is 1. The number of anilines is 2. The number of fused-ring (bicyclic) bond motifs is 1. The van der Waals surface area contributed by atoms with Crippen LogP contribution < -0.4 is 16.4 Å². The number of hydrogen-bond acceptors (Lipinski definition) is 6. The molecule has 1 saturated heterocycles. The second-order valence-corrected chi connectivity index (χ2v) is 7.87. The Morgan fingerprint density at radius 3 is 2.85 bits per heavy atom. The van der Waals surface area contributed by atoms with Crippen LogP contribution in [0.1, 0.15) is 23.2 Å². The molecule has 0 saturated carbocycles. The summed E-state index contributed by atoms with van der Waals surface area (Å²) in [6.07, 6.45) is 4.15. The largest absolute Gasteiger partial charge is 0.366 e. The second-order valence-electron chi connectivity index (χ2n) is 6.55. The van der Waals surface area contributed by atoms with E-state index in [1.165, 1.54) is 12.8 Å². The maximum Gasteiger partial charge on any atom is 0.248 e.